The van der Waals surface area contributed by atoms with Gasteiger partial charge in [0.15, 0.2) is 11.4 Å². The van der Waals surface area contributed by atoms with E-state index < -0.39 is 17.2 Å². The molecule has 0 saturated heterocycles. The number of nitrogens with zero attached hydrogens (tertiary/aromatic N) is 4. The molecule has 3 N–H and O–H groups in total. The van der Waals surface area contributed by atoms with E-state index in [9.17, 15) is 19.2 Å². The van der Waals surface area contributed by atoms with Crippen LogP contribution in [-0.4, -0.2) is 31.8 Å². The second kappa shape index (κ2) is 10.1. The maximum Gasteiger partial charge on any atom is 0.330 e. The summed E-state index contributed by atoms with van der Waals surface area (Å²) in [6, 6.07) is 6.76. The monoisotopic (exact) mass is 468 g/mol. The third-order valence-electron chi connectivity index (χ3n) is 5.33. The lowest BCUT2D eigenvalue weighted by Gasteiger charge is -2.26. The Hall–Kier alpha value is -3.69. The average molecular weight is 469 g/mol. The highest BCUT2D eigenvalue weighted by Crippen LogP contribution is 2.23. The lowest BCUT2D eigenvalue weighted by molar-refractivity contribution is 0.0978. The van der Waals surface area contributed by atoms with Crippen LogP contribution in [0, 0.1) is 11.8 Å². The molecule has 1 amide bonds. The van der Waals surface area contributed by atoms with Crippen LogP contribution in [-0.2, 0) is 13.1 Å². The number of aromatic nitrogens is 4. The summed E-state index contributed by atoms with van der Waals surface area (Å²) in [7, 11) is 0. The van der Waals surface area contributed by atoms with Crippen molar-refractivity contribution < 1.29 is 4.79 Å². The second-order valence-electron chi connectivity index (χ2n) is 9.23. The van der Waals surface area contributed by atoms with Gasteiger partial charge in [-0.05, 0) is 24.3 Å². The van der Waals surface area contributed by atoms with Crippen LogP contribution in [0.25, 0.3) is 10.8 Å². The van der Waals surface area contributed by atoms with E-state index in [2.05, 4.69) is 10.1 Å². The van der Waals surface area contributed by atoms with Crippen LogP contribution in [0.5, 0.6) is 0 Å². The van der Waals surface area contributed by atoms with Gasteiger partial charge in [0.25, 0.3) is 17.0 Å². The molecule has 0 aliphatic heterocycles. The molecule has 3 aromatic rings. The van der Waals surface area contributed by atoms with Gasteiger partial charge in [-0.25, -0.2) is 9.48 Å². The van der Waals surface area contributed by atoms with Crippen LogP contribution in [0.2, 0.25) is 0 Å². The highest BCUT2D eigenvalue weighted by Gasteiger charge is 2.29. The Balaban J connectivity index is 2.30. The first-order chi connectivity index (χ1) is 16.1. The second-order valence-corrected chi connectivity index (χ2v) is 9.23. The predicted octanol–water partition coefficient (Wildman–Crippen LogP) is 2.20. The number of benzene rings is 1. The van der Waals surface area contributed by atoms with Crippen molar-refractivity contribution >= 4 is 28.2 Å². The topological polar surface area (TPSA) is 136 Å². The fraction of sp³-hybridized carbons (Fsp3) is 0.458. The van der Waals surface area contributed by atoms with Gasteiger partial charge < -0.3 is 5.73 Å². The van der Waals surface area contributed by atoms with Crippen molar-refractivity contribution in [1.29, 1.82) is 0 Å². The summed E-state index contributed by atoms with van der Waals surface area (Å²) in [6.45, 7) is 10.3. The third-order valence-corrected chi connectivity index (χ3v) is 5.33. The van der Waals surface area contributed by atoms with Crippen molar-refractivity contribution in [2.24, 2.45) is 11.8 Å². The van der Waals surface area contributed by atoms with Gasteiger partial charge in [0, 0.05) is 25.0 Å². The van der Waals surface area contributed by atoms with Gasteiger partial charge in [-0.3, -0.25) is 28.8 Å². The number of hydrogen-bond acceptors (Lipinski definition) is 6. The van der Waals surface area contributed by atoms with Crippen LogP contribution in [0.4, 0.5) is 11.5 Å². The molecule has 34 heavy (non-hydrogen) atoms. The summed E-state index contributed by atoms with van der Waals surface area (Å²) in [5, 5.41) is 5.14. The van der Waals surface area contributed by atoms with Crippen LogP contribution in [0.3, 0.4) is 0 Å². The minimum Gasteiger partial charge on any atom is -0.383 e. The van der Waals surface area contributed by atoms with Gasteiger partial charge >= 0.3 is 5.69 Å². The number of aryl methyl sites for hydroxylation is 1. The number of rotatable bonds is 8. The van der Waals surface area contributed by atoms with Gasteiger partial charge in [0.1, 0.15) is 5.82 Å². The quantitative estimate of drug-likeness (QED) is 0.520. The molecule has 182 valence electrons. The minimum atomic E-state index is -0.748. The maximum absolute atomic E-state index is 13.9. The molecular weight excluding hydrogens is 436 g/mol. The van der Waals surface area contributed by atoms with Gasteiger partial charge in [0.05, 0.1) is 5.39 Å². The first-order valence-electron chi connectivity index (χ1n) is 11.5. The number of aromatic amines is 1. The van der Waals surface area contributed by atoms with Crippen LogP contribution in [0.15, 0.2) is 38.6 Å². The van der Waals surface area contributed by atoms with Gasteiger partial charge in [-0.15, -0.1) is 0 Å². The molecule has 0 spiro atoms. The number of nitrogens with one attached hydrogen (secondary N) is 1. The number of fused-ring (bicyclic) bond motifs is 1. The third kappa shape index (κ3) is 4.80. The van der Waals surface area contributed by atoms with Crippen LogP contribution in [0.1, 0.15) is 51.5 Å². The molecule has 3 rings (SSSR count). The van der Waals surface area contributed by atoms with Crippen molar-refractivity contribution in [3.63, 3.8) is 0 Å². The van der Waals surface area contributed by atoms with Gasteiger partial charge in [0.2, 0.25) is 0 Å². The lowest BCUT2D eigenvalue weighted by Crippen LogP contribution is -2.43. The average Bonchev–Trinajstić information content (AvgIpc) is 2.77. The molecule has 10 nitrogen and oxygen atoms in total. The largest absolute Gasteiger partial charge is 0.383 e. The van der Waals surface area contributed by atoms with Crippen LogP contribution < -0.4 is 27.4 Å². The summed E-state index contributed by atoms with van der Waals surface area (Å²) < 4.78 is 2.54. The number of H-pyrrole nitrogens is 1. The summed E-state index contributed by atoms with van der Waals surface area (Å²) in [5.74, 6) is -0.596. The molecule has 0 radical (unpaired) electrons. The van der Waals surface area contributed by atoms with E-state index in [1.807, 2.05) is 34.6 Å². The van der Waals surface area contributed by atoms with Gasteiger partial charge in [-0.2, -0.15) is 5.10 Å². The molecule has 0 aliphatic carbocycles. The minimum absolute atomic E-state index is 0.0268. The Bertz CT molecular complexity index is 1380. The number of carbonyl (C=O) groups excluding carboxylic acids is 1. The highest BCUT2D eigenvalue weighted by molar-refractivity contribution is 6.13. The fourth-order valence-electron chi connectivity index (χ4n) is 3.91. The molecule has 0 aliphatic rings. The molecule has 0 unspecified atom stereocenters. The molecule has 2 heterocycles. The first kappa shape index (κ1) is 24.9. The summed E-state index contributed by atoms with van der Waals surface area (Å²) in [5.41, 5.74) is 4.60. The fourth-order valence-corrected chi connectivity index (χ4v) is 3.91. The number of nitrogens with two attached hydrogens (primary N) is 1. The number of amides is 1. The zero-order valence-corrected chi connectivity index (χ0v) is 20.3. The number of carbonyl (C=O) groups is 1. The Morgan fingerprint density at radius 3 is 2.32 bits per heavy atom. The van der Waals surface area contributed by atoms with Crippen molar-refractivity contribution in [2.45, 2.75) is 54.1 Å². The molecule has 0 atom stereocenters. The summed E-state index contributed by atoms with van der Waals surface area (Å²) in [6.07, 6.45) is 0.654. The zero-order valence-electron chi connectivity index (χ0n) is 20.3. The molecule has 0 bridgehead atoms. The number of nitrogen functional groups attached to an aromatic ring is 1. The zero-order chi connectivity index (χ0) is 25.2. The summed E-state index contributed by atoms with van der Waals surface area (Å²) >= 11 is 0. The molecule has 0 fully saturated rings. The Morgan fingerprint density at radius 1 is 1.09 bits per heavy atom. The Morgan fingerprint density at radius 2 is 1.74 bits per heavy atom. The van der Waals surface area contributed by atoms with E-state index in [0.29, 0.717) is 23.7 Å². The lowest BCUT2D eigenvalue weighted by atomic mass is 10.1. The van der Waals surface area contributed by atoms with E-state index in [1.54, 1.807) is 24.3 Å². The van der Waals surface area contributed by atoms with Gasteiger partial charge in [-0.1, -0.05) is 52.8 Å². The molecule has 1 aromatic carbocycles. The normalized spacial score (nSPS) is 11.5. The SMILES string of the molecule is CCCn1nc(C(=O)N(CC(C)C)c2c(N)n(CC(C)C)c(=O)[nH]c2=O)c2ccccc2c1=O. The molecular formula is C24H32N6O4. The van der Waals surface area contributed by atoms with E-state index in [-0.39, 0.29) is 47.7 Å². The first-order valence-corrected chi connectivity index (χ1v) is 11.5. The van der Waals surface area contributed by atoms with E-state index in [0.717, 1.165) is 0 Å². The molecule has 10 heteroatoms. The maximum atomic E-state index is 13.9. The standard InChI is InChI=1S/C24H32N6O4/c1-6-11-30-22(32)17-10-8-7-9-16(17)18(27-30)23(33)28(12-14(2)3)19-20(25)29(13-15(4)5)24(34)26-21(19)31/h7-10,14-15H,6,11-13,25H2,1-5H3,(H,26,31,34). The van der Waals surface area contributed by atoms with Crippen molar-refractivity contribution in [2.75, 3.05) is 17.2 Å². The summed E-state index contributed by atoms with van der Waals surface area (Å²) in [4.78, 5) is 55.7. The van der Waals surface area contributed by atoms with Crippen molar-refractivity contribution in [3.05, 3.63) is 61.2 Å². The number of hydrogen-bond donors (Lipinski definition) is 2. The van der Waals surface area contributed by atoms with Crippen molar-refractivity contribution in [3.8, 4) is 0 Å². The van der Waals surface area contributed by atoms with Crippen LogP contribution >= 0.6 is 0 Å². The molecule has 2 aromatic heterocycles. The highest BCUT2D eigenvalue weighted by atomic mass is 16.2. The smallest absolute Gasteiger partial charge is 0.330 e. The Labute approximate surface area is 197 Å². The number of anilines is 2. The predicted molar refractivity (Wildman–Crippen MR) is 133 cm³/mol. The van der Waals surface area contributed by atoms with Crippen molar-refractivity contribution in [1.82, 2.24) is 19.3 Å². The molecule has 0 saturated carbocycles. The van der Waals surface area contributed by atoms with E-state index in [1.165, 1.54) is 14.1 Å². The van der Waals surface area contributed by atoms with E-state index in [4.69, 9.17) is 5.73 Å². The Kier molecular flexibility index (Phi) is 7.38. The van der Waals surface area contributed by atoms with E-state index >= 15 is 0 Å².